The summed E-state index contributed by atoms with van der Waals surface area (Å²) in [6.45, 7) is 0.461. The zero-order chi connectivity index (χ0) is 13.0. The van der Waals surface area contributed by atoms with Gasteiger partial charge in [0.2, 0.25) is 0 Å². The fraction of sp³-hybridized carbons (Fsp3) is 0.167. The van der Waals surface area contributed by atoms with Crippen molar-refractivity contribution in [3.8, 4) is 0 Å². The SMILES string of the molecule is O=C(O)c1cnoc1CNCc1ccccc1F. The first-order chi connectivity index (χ1) is 8.68. The van der Waals surface area contributed by atoms with E-state index >= 15 is 0 Å². The number of aromatic nitrogens is 1. The van der Waals surface area contributed by atoms with Crippen LogP contribution in [0.5, 0.6) is 0 Å². The summed E-state index contributed by atoms with van der Waals surface area (Å²) in [5.41, 5.74) is 0.518. The van der Waals surface area contributed by atoms with E-state index in [-0.39, 0.29) is 30.2 Å². The van der Waals surface area contributed by atoms with Crippen molar-refractivity contribution in [3.05, 3.63) is 53.2 Å². The number of nitrogens with zero attached hydrogens (tertiary/aromatic N) is 1. The van der Waals surface area contributed by atoms with Gasteiger partial charge < -0.3 is 14.9 Å². The summed E-state index contributed by atoms with van der Waals surface area (Å²) in [5.74, 6) is -1.18. The van der Waals surface area contributed by atoms with Crippen molar-refractivity contribution in [2.75, 3.05) is 0 Å². The average Bonchev–Trinajstić information content (AvgIpc) is 2.80. The highest BCUT2D eigenvalue weighted by molar-refractivity contribution is 5.88. The lowest BCUT2D eigenvalue weighted by Crippen LogP contribution is -2.15. The normalized spacial score (nSPS) is 10.5. The van der Waals surface area contributed by atoms with Crippen LogP contribution in [0.25, 0.3) is 0 Å². The number of carboxylic acid groups (broad SMARTS) is 1. The van der Waals surface area contributed by atoms with Gasteiger partial charge in [0.1, 0.15) is 11.4 Å². The first-order valence-corrected chi connectivity index (χ1v) is 5.29. The van der Waals surface area contributed by atoms with Gasteiger partial charge >= 0.3 is 5.97 Å². The Morgan fingerprint density at radius 2 is 2.17 bits per heavy atom. The fourth-order valence-electron chi connectivity index (χ4n) is 1.52. The Morgan fingerprint density at radius 1 is 1.39 bits per heavy atom. The zero-order valence-electron chi connectivity index (χ0n) is 9.39. The third kappa shape index (κ3) is 2.72. The highest BCUT2D eigenvalue weighted by Gasteiger charge is 2.14. The van der Waals surface area contributed by atoms with Crippen LogP contribution in [-0.4, -0.2) is 16.2 Å². The molecule has 0 aliphatic heterocycles. The molecule has 0 unspecified atom stereocenters. The summed E-state index contributed by atoms with van der Waals surface area (Å²) >= 11 is 0. The first kappa shape index (κ1) is 12.3. The summed E-state index contributed by atoms with van der Waals surface area (Å²) in [6.07, 6.45) is 1.14. The molecule has 0 bridgehead atoms. The predicted molar refractivity (Wildman–Crippen MR) is 60.4 cm³/mol. The highest BCUT2D eigenvalue weighted by atomic mass is 19.1. The second-order valence-electron chi connectivity index (χ2n) is 3.66. The maximum Gasteiger partial charge on any atom is 0.341 e. The molecule has 0 saturated carbocycles. The van der Waals surface area contributed by atoms with Gasteiger partial charge in [0.05, 0.1) is 12.7 Å². The van der Waals surface area contributed by atoms with E-state index in [0.29, 0.717) is 5.56 Å². The van der Waals surface area contributed by atoms with Gasteiger partial charge in [-0.1, -0.05) is 23.4 Å². The number of rotatable bonds is 5. The molecule has 1 aromatic carbocycles. The van der Waals surface area contributed by atoms with Crippen LogP contribution in [0.2, 0.25) is 0 Å². The molecule has 0 spiro atoms. The number of halogens is 1. The lowest BCUT2D eigenvalue weighted by atomic mass is 10.2. The molecular formula is C12H11FN2O3. The Morgan fingerprint density at radius 3 is 2.89 bits per heavy atom. The number of aromatic carboxylic acids is 1. The maximum atomic E-state index is 13.3. The summed E-state index contributed by atoms with van der Waals surface area (Å²) in [7, 11) is 0. The Labute approximate surface area is 102 Å². The molecule has 0 saturated heterocycles. The van der Waals surface area contributed by atoms with Gasteiger partial charge in [-0.05, 0) is 6.07 Å². The van der Waals surface area contributed by atoms with Crippen molar-refractivity contribution in [2.24, 2.45) is 0 Å². The van der Waals surface area contributed by atoms with Crippen LogP contribution in [0.3, 0.4) is 0 Å². The average molecular weight is 250 g/mol. The molecule has 0 amide bonds. The summed E-state index contributed by atoms with van der Waals surface area (Å²) in [5, 5.41) is 15.1. The van der Waals surface area contributed by atoms with E-state index in [0.717, 1.165) is 6.20 Å². The molecule has 0 radical (unpaired) electrons. The molecule has 18 heavy (non-hydrogen) atoms. The number of hydrogen-bond donors (Lipinski definition) is 2. The maximum absolute atomic E-state index is 13.3. The Hall–Kier alpha value is -2.21. The van der Waals surface area contributed by atoms with Gasteiger partial charge in [-0.25, -0.2) is 9.18 Å². The molecule has 2 rings (SSSR count). The van der Waals surface area contributed by atoms with Gasteiger partial charge in [-0.3, -0.25) is 0 Å². The van der Waals surface area contributed by atoms with E-state index in [1.54, 1.807) is 18.2 Å². The molecule has 1 heterocycles. The molecule has 0 atom stereocenters. The van der Waals surface area contributed by atoms with Crippen molar-refractivity contribution in [1.82, 2.24) is 10.5 Å². The largest absolute Gasteiger partial charge is 0.478 e. The highest BCUT2D eigenvalue weighted by Crippen LogP contribution is 2.09. The molecule has 0 aliphatic carbocycles. The monoisotopic (exact) mass is 250 g/mol. The molecule has 6 heteroatoms. The molecule has 0 aliphatic rings. The van der Waals surface area contributed by atoms with Crippen LogP contribution in [0.1, 0.15) is 21.7 Å². The predicted octanol–water partition coefficient (Wildman–Crippen LogP) is 1.80. The number of nitrogens with one attached hydrogen (secondary N) is 1. The molecule has 1 aromatic heterocycles. The van der Waals surface area contributed by atoms with E-state index in [9.17, 15) is 9.18 Å². The third-order valence-electron chi connectivity index (χ3n) is 2.43. The van der Waals surface area contributed by atoms with Crippen LogP contribution in [0.4, 0.5) is 4.39 Å². The zero-order valence-corrected chi connectivity index (χ0v) is 9.39. The number of benzene rings is 1. The van der Waals surface area contributed by atoms with Crippen LogP contribution < -0.4 is 5.32 Å². The molecule has 2 aromatic rings. The minimum atomic E-state index is -1.10. The van der Waals surface area contributed by atoms with Gasteiger partial charge in [-0.2, -0.15) is 0 Å². The van der Waals surface area contributed by atoms with Gasteiger partial charge in [0, 0.05) is 12.1 Å². The lowest BCUT2D eigenvalue weighted by Gasteiger charge is -2.04. The van der Waals surface area contributed by atoms with Crippen molar-refractivity contribution in [3.63, 3.8) is 0 Å². The first-order valence-electron chi connectivity index (χ1n) is 5.29. The van der Waals surface area contributed by atoms with Crippen LogP contribution >= 0.6 is 0 Å². The van der Waals surface area contributed by atoms with E-state index in [1.165, 1.54) is 6.07 Å². The van der Waals surface area contributed by atoms with Crippen molar-refractivity contribution >= 4 is 5.97 Å². The molecule has 5 nitrogen and oxygen atoms in total. The Kier molecular flexibility index (Phi) is 3.69. The van der Waals surface area contributed by atoms with E-state index in [2.05, 4.69) is 10.5 Å². The topological polar surface area (TPSA) is 75.4 Å². The van der Waals surface area contributed by atoms with E-state index < -0.39 is 5.97 Å². The molecular weight excluding hydrogens is 239 g/mol. The smallest absolute Gasteiger partial charge is 0.341 e. The summed E-state index contributed by atoms with van der Waals surface area (Å²) < 4.78 is 18.1. The van der Waals surface area contributed by atoms with Crippen LogP contribution in [0, 0.1) is 5.82 Å². The quantitative estimate of drug-likeness (QED) is 0.846. The van der Waals surface area contributed by atoms with E-state index in [4.69, 9.17) is 9.63 Å². The van der Waals surface area contributed by atoms with Gasteiger partial charge in [0.25, 0.3) is 0 Å². The summed E-state index contributed by atoms with van der Waals surface area (Å²) in [4.78, 5) is 10.8. The Bertz CT molecular complexity index is 554. The fourth-order valence-corrected chi connectivity index (χ4v) is 1.52. The van der Waals surface area contributed by atoms with E-state index in [1.807, 2.05) is 0 Å². The number of carboxylic acids is 1. The second-order valence-corrected chi connectivity index (χ2v) is 3.66. The van der Waals surface area contributed by atoms with Gasteiger partial charge in [-0.15, -0.1) is 0 Å². The molecule has 0 fully saturated rings. The van der Waals surface area contributed by atoms with Crippen LogP contribution in [0.15, 0.2) is 35.0 Å². The summed E-state index contributed by atoms with van der Waals surface area (Å²) in [6, 6.07) is 6.37. The number of hydrogen-bond acceptors (Lipinski definition) is 4. The molecule has 94 valence electrons. The second kappa shape index (κ2) is 5.42. The van der Waals surface area contributed by atoms with Crippen LogP contribution in [-0.2, 0) is 13.1 Å². The van der Waals surface area contributed by atoms with Crippen molar-refractivity contribution in [2.45, 2.75) is 13.1 Å². The lowest BCUT2D eigenvalue weighted by molar-refractivity contribution is 0.0694. The minimum Gasteiger partial charge on any atom is -0.478 e. The van der Waals surface area contributed by atoms with Crippen molar-refractivity contribution < 1.29 is 18.8 Å². The number of carbonyl (C=O) groups is 1. The molecule has 2 N–H and O–H groups in total. The minimum absolute atomic E-state index is 0.0102. The standard InChI is InChI=1S/C12H11FN2O3/c13-10-4-2-1-3-8(10)5-14-7-11-9(12(16)17)6-15-18-11/h1-4,6,14H,5,7H2,(H,16,17). The van der Waals surface area contributed by atoms with Gasteiger partial charge in [0.15, 0.2) is 5.76 Å². The Balaban J connectivity index is 1.95. The third-order valence-corrected chi connectivity index (χ3v) is 2.43. The van der Waals surface area contributed by atoms with Crippen molar-refractivity contribution in [1.29, 1.82) is 0 Å².